The Hall–Kier alpha value is -2.54. The molecule has 0 saturated carbocycles. The molecule has 0 radical (unpaired) electrons. The number of methoxy groups -OCH3 is 1. The summed E-state index contributed by atoms with van der Waals surface area (Å²) in [4.78, 5) is 14.2. The Balaban J connectivity index is 1.74. The number of ether oxygens (including phenoxy) is 2. The summed E-state index contributed by atoms with van der Waals surface area (Å²) in [6.07, 6.45) is 3.85. The summed E-state index contributed by atoms with van der Waals surface area (Å²) in [5.41, 5.74) is 5.85. The molecule has 166 valence electrons. The zero-order valence-electron chi connectivity index (χ0n) is 19.4. The van der Waals surface area contributed by atoms with E-state index in [1.807, 2.05) is 13.0 Å². The summed E-state index contributed by atoms with van der Waals surface area (Å²) in [6.45, 7) is 11.8. The van der Waals surface area contributed by atoms with Crippen molar-refractivity contribution < 1.29 is 14.0 Å². The highest BCUT2D eigenvalue weighted by Gasteiger charge is 2.35. The Labute approximate surface area is 184 Å². The number of hydrogen-bond donors (Lipinski definition) is 0. The van der Waals surface area contributed by atoms with Crippen LogP contribution in [0.1, 0.15) is 64.1 Å². The first kappa shape index (κ1) is 21.7. The highest BCUT2D eigenvalue weighted by molar-refractivity contribution is 6.11. The van der Waals surface area contributed by atoms with E-state index in [2.05, 4.69) is 37.8 Å². The van der Waals surface area contributed by atoms with Gasteiger partial charge in [-0.25, -0.2) is 4.98 Å². The first-order chi connectivity index (χ1) is 14.9. The topological polar surface area (TPSA) is 82.6 Å². The number of aliphatic imine (C=N–C) groups is 1. The molecule has 0 aliphatic carbocycles. The quantitative estimate of drug-likeness (QED) is 0.690. The van der Waals surface area contributed by atoms with E-state index >= 15 is 0 Å². The van der Waals surface area contributed by atoms with Crippen LogP contribution in [0.15, 0.2) is 26.7 Å². The summed E-state index contributed by atoms with van der Waals surface area (Å²) in [5.74, 6) is 2.14. The molecule has 1 unspecified atom stereocenters. The van der Waals surface area contributed by atoms with Gasteiger partial charge in [0.05, 0.1) is 25.0 Å². The SMILES string of the molecule is CCc1cc(-c2noc(C3=NCCC(CC)C4=C3COC(C)(C)C4)n2)c(C)nc1OC. The van der Waals surface area contributed by atoms with Gasteiger partial charge in [-0.1, -0.05) is 24.6 Å². The zero-order valence-corrected chi connectivity index (χ0v) is 19.4. The number of nitrogens with zero attached hydrogens (tertiary/aromatic N) is 4. The van der Waals surface area contributed by atoms with Gasteiger partial charge in [0.15, 0.2) is 0 Å². The molecule has 0 aromatic carbocycles. The van der Waals surface area contributed by atoms with Crippen LogP contribution in [0, 0.1) is 12.8 Å². The normalized spacial score (nSPS) is 20.8. The number of rotatable bonds is 5. The predicted octanol–water partition coefficient (Wildman–Crippen LogP) is 4.73. The third-order valence-corrected chi connectivity index (χ3v) is 6.33. The molecule has 0 amide bonds. The van der Waals surface area contributed by atoms with Gasteiger partial charge in [-0.05, 0) is 58.4 Å². The summed E-state index contributed by atoms with van der Waals surface area (Å²) >= 11 is 0. The second-order valence-corrected chi connectivity index (χ2v) is 8.92. The lowest BCUT2D eigenvalue weighted by molar-refractivity contribution is -0.0148. The van der Waals surface area contributed by atoms with Crippen LogP contribution < -0.4 is 4.74 Å². The Morgan fingerprint density at radius 2 is 2.03 bits per heavy atom. The molecule has 1 atom stereocenters. The molecule has 2 aromatic heterocycles. The minimum absolute atomic E-state index is 0.163. The standard InChI is InChI=1S/C24H32N4O3/c1-7-15-9-10-25-20(19-13-30-24(4,5)12-18(15)19)23-27-21(28-31-23)17-11-16(8-2)22(29-6)26-14(17)3/h11,15H,7-10,12-13H2,1-6H3. The Bertz CT molecular complexity index is 1040. The summed E-state index contributed by atoms with van der Waals surface area (Å²) in [6, 6.07) is 2.04. The molecule has 0 bridgehead atoms. The molecule has 0 spiro atoms. The summed E-state index contributed by atoms with van der Waals surface area (Å²) < 4.78 is 17.3. The van der Waals surface area contributed by atoms with Crippen molar-refractivity contribution in [3.8, 4) is 17.3 Å². The van der Waals surface area contributed by atoms with Gasteiger partial charge < -0.3 is 14.0 Å². The second kappa shape index (κ2) is 8.54. The van der Waals surface area contributed by atoms with Gasteiger partial charge in [0, 0.05) is 23.2 Å². The first-order valence-corrected chi connectivity index (χ1v) is 11.2. The first-order valence-electron chi connectivity index (χ1n) is 11.2. The molecule has 7 heteroatoms. The van der Waals surface area contributed by atoms with E-state index in [9.17, 15) is 0 Å². The van der Waals surface area contributed by atoms with Crippen molar-refractivity contribution in [3.63, 3.8) is 0 Å². The maximum absolute atomic E-state index is 6.15. The Kier molecular flexibility index (Phi) is 5.97. The van der Waals surface area contributed by atoms with E-state index in [0.717, 1.165) is 60.3 Å². The van der Waals surface area contributed by atoms with Crippen LogP contribution >= 0.6 is 0 Å². The van der Waals surface area contributed by atoms with Crippen LogP contribution in [0.25, 0.3) is 11.4 Å². The van der Waals surface area contributed by atoms with E-state index in [0.29, 0.717) is 30.1 Å². The van der Waals surface area contributed by atoms with Crippen molar-refractivity contribution in [2.75, 3.05) is 20.3 Å². The van der Waals surface area contributed by atoms with Crippen LogP contribution in [-0.4, -0.2) is 46.7 Å². The monoisotopic (exact) mass is 424 g/mol. The molecular weight excluding hydrogens is 392 g/mol. The van der Waals surface area contributed by atoms with E-state index in [1.54, 1.807) is 7.11 Å². The molecule has 0 saturated heterocycles. The summed E-state index contributed by atoms with van der Waals surface area (Å²) in [7, 11) is 1.64. The van der Waals surface area contributed by atoms with Gasteiger partial charge in [0.25, 0.3) is 5.89 Å². The number of aromatic nitrogens is 3. The zero-order chi connectivity index (χ0) is 22.2. The molecular formula is C24H32N4O3. The molecule has 0 N–H and O–H groups in total. The van der Waals surface area contributed by atoms with Crippen LogP contribution in [0.5, 0.6) is 5.88 Å². The molecule has 4 heterocycles. The van der Waals surface area contributed by atoms with Gasteiger partial charge in [-0.3, -0.25) is 4.99 Å². The lowest BCUT2D eigenvalue weighted by atomic mass is 9.80. The second-order valence-electron chi connectivity index (χ2n) is 8.92. The van der Waals surface area contributed by atoms with E-state index in [-0.39, 0.29) is 5.60 Å². The van der Waals surface area contributed by atoms with Crippen molar-refractivity contribution in [3.05, 3.63) is 34.4 Å². The van der Waals surface area contributed by atoms with E-state index < -0.39 is 0 Å². The number of pyridine rings is 1. The lowest BCUT2D eigenvalue weighted by Crippen LogP contribution is -2.34. The van der Waals surface area contributed by atoms with E-state index in [1.165, 1.54) is 5.57 Å². The van der Waals surface area contributed by atoms with Gasteiger partial charge in [0.2, 0.25) is 11.7 Å². The van der Waals surface area contributed by atoms with Gasteiger partial charge in [-0.2, -0.15) is 4.98 Å². The van der Waals surface area contributed by atoms with Gasteiger partial charge in [-0.15, -0.1) is 0 Å². The number of hydrogen-bond acceptors (Lipinski definition) is 7. The largest absolute Gasteiger partial charge is 0.481 e. The predicted molar refractivity (Wildman–Crippen MR) is 120 cm³/mol. The van der Waals surface area contributed by atoms with E-state index in [4.69, 9.17) is 24.0 Å². The van der Waals surface area contributed by atoms with Crippen LogP contribution in [0.3, 0.4) is 0 Å². The minimum Gasteiger partial charge on any atom is -0.481 e. The van der Waals surface area contributed by atoms with Crippen LogP contribution in [0.4, 0.5) is 0 Å². The third kappa shape index (κ3) is 4.15. The van der Waals surface area contributed by atoms with Gasteiger partial charge >= 0.3 is 0 Å². The Morgan fingerprint density at radius 3 is 2.74 bits per heavy atom. The maximum atomic E-state index is 6.15. The molecule has 2 aromatic rings. The molecule has 2 aliphatic rings. The molecule has 0 fully saturated rings. The fourth-order valence-electron chi connectivity index (χ4n) is 4.55. The van der Waals surface area contributed by atoms with Crippen LogP contribution in [-0.2, 0) is 11.2 Å². The fourth-order valence-corrected chi connectivity index (χ4v) is 4.55. The van der Waals surface area contributed by atoms with Crippen LogP contribution in [0.2, 0.25) is 0 Å². The number of aryl methyl sites for hydroxylation is 2. The third-order valence-electron chi connectivity index (χ3n) is 6.33. The molecule has 2 aliphatic heterocycles. The lowest BCUT2D eigenvalue weighted by Gasteiger charge is -2.35. The van der Waals surface area contributed by atoms with Crippen molar-refractivity contribution >= 4 is 5.71 Å². The maximum Gasteiger partial charge on any atom is 0.276 e. The van der Waals surface area contributed by atoms with Gasteiger partial charge in [0.1, 0.15) is 5.71 Å². The highest BCUT2D eigenvalue weighted by Crippen LogP contribution is 2.38. The molecule has 31 heavy (non-hydrogen) atoms. The van der Waals surface area contributed by atoms with Crippen molar-refractivity contribution in [2.45, 2.75) is 65.9 Å². The molecule has 4 rings (SSSR count). The van der Waals surface area contributed by atoms with Crippen molar-refractivity contribution in [1.82, 2.24) is 15.1 Å². The fraction of sp³-hybridized carbons (Fsp3) is 0.583. The van der Waals surface area contributed by atoms with Crippen molar-refractivity contribution in [2.24, 2.45) is 10.9 Å². The summed E-state index contributed by atoms with van der Waals surface area (Å²) in [5, 5.41) is 4.28. The Morgan fingerprint density at radius 1 is 1.23 bits per heavy atom. The molecule has 7 nitrogen and oxygen atoms in total. The highest BCUT2D eigenvalue weighted by atomic mass is 16.5. The van der Waals surface area contributed by atoms with Crippen molar-refractivity contribution in [1.29, 1.82) is 0 Å². The smallest absolute Gasteiger partial charge is 0.276 e. The minimum atomic E-state index is -0.163. The average Bonchev–Trinajstić information content (AvgIpc) is 3.16. The average molecular weight is 425 g/mol.